The maximum absolute atomic E-state index is 12.7. The van der Waals surface area contributed by atoms with Gasteiger partial charge in [-0.15, -0.1) is 0 Å². The van der Waals surface area contributed by atoms with E-state index in [9.17, 15) is 18.0 Å². The predicted octanol–water partition coefficient (Wildman–Crippen LogP) is 2.46. The number of esters is 2. The minimum atomic E-state index is -3.68. The van der Waals surface area contributed by atoms with E-state index in [1.807, 2.05) is 0 Å². The first-order valence-electron chi connectivity index (χ1n) is 8.08. The van der Waals surface area contributed by atoms with Gasteiger partial charge in [-0.1, -0.05) is 35.0 Å². The topological polar surface area (TPSA) is 86.7 Å². The lowest BCUT2D eigenvalue weighted by Crippen LogP contribution is -2.36. The van der Waals surface area contributed by atoms with Crippen LogP contribution in [-0.2, 0) is 28.9 Å². The smallest absolute Gasteiger partial charge is 0.325 e. The normalized spacial score (nSPS) is 21.4. The van der Waals surface area contributed by atoms with E-state index >= 15 is 0 Å². The summed E-state index contributed by atoms with van der Waals surface area (Å²) < 4.78 is 36.2. The van der Waals surface area contributed by atoms with Crippen LogP contribution in [0.1, 0.15) is 32.3 Å². The number of hydrogen-bond acceptors (Lipinski definition) is 6. The zero-order valence-corrected chi connectivity index (χ0v) is 16.7. The molecule has 138 valence electrons. The molecule has 6 nitrogen and oxygen atoms in total. The number of halogens is 1. The summed E-state index contributed by atoms with van der Waals surface area (Å²) in [6.45, 7) is 4.80. The number of rotatable bonds is 7. The Hall–Kier alpha value is -1.41. The molecular weight excluding hydrogens is 412 g/mol. The fourth-order valence-corrected chi connectivity index (χ4v) is 5.44. The van der Waals surface area contributed by atoms with Gasteiger partial charge >= 0.3 is 11.9 Å². The molecule has 0 heterocycles. The Morgan fingerprint density at radius 3 is 1.92 bits per heavy atom. The van der Waals surface area contributed by atoms with Crippen molar-refractivity contribution < 1.29 is 27.5 Å². The van der Waals surface area contributed by atoms with Gasteiger partial charge in [0.25, 0.3) is 0 Å². The van der Waals surface area contributed by atoms with Crippen LogP contribution in [0.2, 0.25) is 0 Å². The monoisotopic (exact) mass is 432 g/mol. The predicted molar refractivity (Wildman–Crippen MR) is 95.8 cm³/mol. The molecule has 0 aromatic heterocycles. The summed E-state index contributed by atoms with van der Waals surface area (Å²) in [7, 11) is -3.68. The first-order chi connectivity index (χ1) is 11.8. The largest absolute Gasteiger partial charge is 0.465 e. The molecular formula is C17H21BrO6S. The third kappa shape index (κ3) is 3.33. The summed E-state index contributed by atoms with van der Waals surface area (Å²) in [6.07, 6.45) is 0. The van der Waals surface area contributed by atoms with Gasteiger partial charge in [0, 0.05) is 16.1 Å². The van der Waals surface area contributed by atoms with Gasteiger partial charge in [0.2, 0.25) is 0 Å². The molecule has 1 aliphatic rings. The average molecular weight is 433 g/mol. The summed E-state index contributed by atoms with van der Waals surface area (Å²) in [5.41, 5.74) is -1.25. The van der Waals surface area contributed by atoms with Crippen LogP contribution >= 0.6 is 15.9 Å². The molecule has 1 aromatic carbocycles. The van der Waals surface area contributed by atoms with Gasteiger partial charge < -0.3 is 9.47 Å². The summed E-state index contributed by atoms with van der Waals surface area (Å²) in [5, 5.41) is -1.18. The first kappa shape index (κ1) is 19.9. The van der Waals surface area contributed by atoms with Crippen molar-refractivity contribution in [3.05, 3.63) is 34.3 Å². The molecule has 8 heteroatoms. The molecule has 2 rings (SSSR count). The minimum Gasteiger partial charge on any atom is -0.465 e. The highest BCUT2D eigenvalue weighted by molar-refractivity contribution is 9.10. The van der Waals surface area contributed by atoms with Crippen molar-refractivity contribution in [1.82, 2.24) is 0 Å². The maximum Gasteiger partial charge on any atom is 0.325 e. The number of ether oxygens (including phenoxy) is 2. The zero-order valence-electron chi connectivity index (χ0n) is 14.3. The van der Waals surface area contributed by atoms with Crippen LogP contribution in [-0.4, -0.2) is 44.6 Å². The average Bonchev–Trinajstić information content (AvgIpc) is 3.28. The van der Waals surface area contributed by atoms with Crippen molar-refractivity contribution in [3.8, 4) is 0 Å². The first-order valence-corrected chi connectivity index (χ1v) is 10.6. The Bertz CT molecular complexity index is 738. The van der Waals surface area contributed by atoms with Crippen molar-refractivity contribution in [2.75, 3.05) is 19.0 Å². The SMILES string of the molecule is CCOC(=O)C1(C(=O)OCC)[C@H](c2ccc(Br)cc2)[C@@H]1S(=O)(=O)CC. The second kappa shape index (κ2) is 7.45. The Morgan fingerprint density at radius 1 is 1.04 bits per heavy atom. The standard InChI is InChI=1S/C17H21BrO6S/c1-4-23-15(19)17(16(20)24-5-2)13(14(17)25(21,22)6-3)11-7-9-12(18)10-8-11/h7-10,13-14H,4-6H2,1-3H3/t13-,14+/m1/s1. The lowest BCUT2D eigenvalue weighted by molar-refractivity contribution is -0.164. The highest BCUT2D eigenvalue weighted by Gasteiger charge is 2.81. The quantitative estimate of drug-likeness (QED) is 0.485. The number of carbonyl (C=O) groups excluding carboxylic acids is 2. The third-order valence-electron chi connectivity index (χ3n) is 4.38. The van der Waals surface area contributed by atoms with Gasteiger partial charge in [-0.05, 0) is 31.5 Å². The Kier molecular flexibility index (Phi) is 5.93. The van der Waals surface area contributed by atoms with Crippen LogP contribution in [0, 0.1) is 5.41 Å². The summed E-state index contributed by atoms with van der Waals surface area (Å²) in [6, 6.07) is 6.88. The molecule has 0 N–H and O–H groups in total. The summed E-state index contributed by atoms with van der Waals surface area (Å²) >= 11 is 3.32. The minimum absolute atomic E-state index is 0.0476. The van der Waals surface area contributed by atoms with Crippen LogP contribution in [0.3, 0.4) is 0 Å². The molecule has 0 amide bonds. The number of carbonyl (C=O) groups is 2. The highest BCUT2D eigenvalue weighted by atomic mass is 79.9. The Balaban J connectivity index is 2.61. The van der Waals surface area contributed by atoms with Crippen LogP contribution in [0.25, 0.3) is 0 Å². The lowest BCUT2D eigenvalue weighted by Gasteiger charge is -2.15. The van der Waals surface area contributed by atoms with Crippen LogP contribution in [0.15, 0.2) is 28.7 Å². The van der Waals surface area contributed by atoms with E-state index in [1.54, 1.807) is 38.1 Å². The van der Waals surface area contributed by atoms with E-state index in [0.717, 1.165) is 4.47 Å². The molecule has 1 fully saturated rings. The van der Waals surface area contributed by atoms with Crippen LogP contribution < -0.4 is 0 Å². The third-order valence-corrected chi connectivity index (χ3v) is 7.13. The van der Waals surface area contributed by atoms with Gasteiger partial charge in [-0.2, -0.15) is 0 Å². The number of hydrogen-bond donors (Lipinski definition) is 0. The van der Waals surface area contributed by atoms with Gasteiger partial charge in [0.1, 0.15) is 0 Å². The number of benzene rings is 1. The van der Waals surface area contributed by atoms with Crippen molar-refractivity contribution in [2.45, 2.75) is 31.9 Å². The second-order valence-electron chi connectivity index (χ2n) is 5.71. The fraction of sp³-hybridized carbons (Fsp3) is 0.529. The van der Waals surface area contributed by atoms with Crippen molar-refractivity contribution >= 4 is 37.7 Å². The molecule has 0 aliphatic heterocycles. The molecule has 0 spiro atoms. The number of sulfone groups is 1. The van der Waals surface area contributed by atoms with Crippen molar-refractivity contribution in [2.24, 2.45) is 5.41 Å². The van der Waals surface area contributed by atoms with Gasteiger partial charge in [0.15, 0.2) is 15.3 Å². The lowest BCUT2D eigenvalue weighted by atomic mass is 9.99. The molecule has 0 radical (unpaired) electrons. The van der Waals surface area contributed by atoms with Gasteiger partial charge in [-0.25, -0.2) is 8.42 Å². The molecule has 25 heavy (non-hydrogen) atoms. The molecule has 2 atom stereocenters. The van der Waals surface area contributed by atoms with E-state index in [0.29, 0.717) is 5.56 Å². The summed E-state index contributed by atoms with van der Waals surface area (Å²) in [4.78, 5) is 25.3. The van der Waals surface area contributed by atoms with E-state index in [-0.39, 0.29) is 19.0 Å². The van der Waals surface area contributed by atoms with Crippen molar-refractivity contribution in [3.63, 3.8) is 0 Å². The van der Waals surface area contributed by atoms with E-state index in [1.165, 1.54) is 6.92 Å². The zero-order chi connectivity index (χ0) is 18.8. The molecule has 0 unspecified atom stereocenters. The molecule has 0 saturated heterocycles. The van der Waals surface area contributed by atoms with E-state index in [2.05, 4.69) is 15.9 Å². The molecule has 1 saturated carbocycles. The fourth-order valence-electron chi connectivity index (χ4n) is 3.20. The van der Waals surface area contributed by atoms with E-state index < -0.39 is 38.4 Å². The molecule has 1 aliphatic carbocycles. The summed E-state index contributed by atoms with van der Waals surface area (Å²) in [5.74, 6) is -2.68. The Morgan fingerprint density at radius 2 is 1.52 bits per heavy atom. The Labute approximate surface area is 155 Å². The van der Waals surface area contributed by atoms with Gasteiger partial charge in [-0.3, -0.25) is 9.59 Å². The van der Waals surface area contributed by atoms with Crippen molar-refractivity contribution in [1.29, 1.82) is 0 Å². The second-order valence-corrected chi connectivity index (χ2v) is 9.04. The molecule has 1 aromatic rings. The molecule has 0 bridgehead atoms. The van der Waals surface area contributed by atoms with Crippen LogP contribution in [0.5, 0.6) is 0 Å². The van der Waals surface area contributed by atoms with Gasteiger partial charge in [0.05, 0.1) is 18.5 Å². The van der Waals surface area contributed by atoms with E-state index in [4.69, 9.17) is 9.47 Å². The van der Waals surface area contributed by atoms with Crippen LogP contribution in [0.4, 0.5) is 0 Å². The highest BCUT2D eigenvalue weighted by Crippen LogP contribution is 2.64. The maximum atomic E-state index is 12.7.